The molecule has 0 bridgehead atoms. The van der Waals surface area contributed by atoms with Crippen LogP contribution in [0, 0.1) is 0 Å². The van der Waals surface area contributed by atoms with E-state index in [1.165, 1.54) is 45.6 Å². The van der Waals surface area contributed by atoms with Crippen LogP contribution in [0.25, 0.3) is 6.08 Å². The van der Waals surface area contributed by atoms with Crippen LogP contribution in [0.4, 0.5) is 18.9 Å². The zero-order valence-electron chi connectivity index (χ0n) is 14.9. The van der Waals surface area contributed by atoms with E-state index in [2.05, 4.69) is 5.32 Å². The third kappa shape index (κ3) is 5.16. The topological polar surface area (TPSA) is 56.8 Å². The van der Waals surface area contributed by atoms with Gasteiger partial charge in [0.25, 0.3) is 0 Å². The molecule has 2 aromatic carbocycles. The maximum Gasteiger partial charge on any atom is 0.416 e. The van der Waals surface area contributed by atoms with Gasteiger partial charge in [0.15, 0.2) is 11.5 Å². The van der Waals surface area contributed by atoms with Gasteiger partial charge in [-0.05, 0) is 30.3 Å². The molecule has 0 fully saturated rings. The molecule has 5 nitrogen and oxygen atoms in total. The largest absolute Gasteiger partial charge is 0.496 e. The standard InChI is InChI=1S/C19H18F3NO4/c1-25-15-11-17(27-3)16(26-2)9-12(15)7-8-18(24)23-14-6-4-5-13(10-14)19(20,21)22/h4-11H,1-3H3,(H,23,24)/b8-7+. The highest BCUT2D eigenvalue weighted by atomic mass is 19.4. The normalized spacial score (nSPS) is 11.3. The average molecular weight is 381 g/mol. The highest BCUT2D eigenvalue weighted by molar-refractivity contribution is 6.02. The van der Waals surface area contributed by atoms with Gasteiger partial charge in [-0.1, -0.05) is 6.07 Å². The molecule has 0 aromatic heterocycles. The van der Waals surface area contributed by atoms with Crippen molar-refractivity contribution in [3.8, 4) is 17.2 Å². The first-order valence-electron chi connectivity index (χ1n) is 7.74. The molecule has 0 atom stereocenters. The summed E-state index contributed by atoms with van der Waals surface area (Å²) in [7, 11) is 4.41. The van der Waals surface area contributed by atoms with E-state index in [1.807, 2.05) is 0 Å². The number of benzene rings is 2. The number of nitrogens with one attached hydrogen (secondary N) is 1. The van der Waals surface area contributed by atoms with Crippen LogP contribution >= 0.6 is 0 Å². The second-order valence-corrected chi connectivity index (χ2v) is 5.35. The summed E-state index contributed by atoms with van der Waals surface area (Å²) in [6.45, 7) is 0. The minimum Gasteiger partial charge on any atom is -0.496 e. The van der Waals surface area contributed by atoms with Gasteiger partial charge in [-0.15, -0.1) is 0 Å². The van der Waals surface area contributed by atoms with Crippen molar-refractivity contribution in [2.45, 2.75) is 6.18 Å². The number of methoxy groups -OCH3 is 3. The van der Waals surface area contributed by atoms with Crippen LogP contribution < -0.4 is 19.5 Å². The molecule has 0 aliphatic heterocycles. The predicted octanol–water partition coefficient (Wildman–Crippen LogP) is 4.38. The Hall–Kier alpha value is -3.16. The molecule has 0 aliphatic rings. The van der Waals surface area contributed by atoms with Crippen molar-refractivity contribution in [3.05, 3.63) is 53.6 Å². The van der Waals surface area contributed by atoms with Gasteiger partial charge in [-0.2, -0.15) is 13.2 Å². The Morgan fingerprint density at radius 2 is 1.59 bits per heavy atom. The quantitative estimate of drug-likeness (QED) is 0.755. The van der Waals surface area contributed by atoms with Crippen molar-refractivity contribution in [2.75, 3.05) is 26.6 Å². The number of halogens is 3. The minimum atomic E-state index is -4.48. The maximum atomic E-state index is 12.7. The Labute approximate surface area is 154 Å². The van der Waals surface area contributed by atoms with Crippen molar-refractivity contribution in [2.24, 2.45) is 0 Å². The first-order valence-corrected chi connectivity index (χ1v) is 7.74. The fourth-order valence-electron chi connectivity index (χ4n) is 2.31. The molecule has 1 amide bonds. The molecular weight excluding hydrogens is 363 g/mol. The van der Waals surface area contributed by atoms with Gasteiger partial charge in [-0.3, -0.25) is 4.79 Å². The van der Waals surface area contributed by atoms with Gasteiger partial charge in [0.1, 0.15) is 5.75 Å². The second-order valence-electron chi connectivity index (χ2n) is 5.35. The van der Waals surface area contributed by atoms with Crippen LogP contribution in [0.2, 0.25) is 0 Å². The number of amides is 1. The van der Waals surface area contributed by atoms with E-state index in [-0.39, 0.29) is 5.69 Å². The van der Waals surface area contributed by atoms with Crippen LogP contribution in [-0.4, -0.2) is 27.2 Å². The van der Waals surface area contributed by atoms with E-state index in [0.717, 1.165) is 12.1 Å². The fraction of sp³-hybridized carbons (Fsp3) is 0.211. The predicted molar refractivity (Wildman–Crippen MR) is 95.2 cm³/mol. The number of carbonyl (C=O) groups excluding carboxylic acids is 1. The summed E-state index contributed by atoms with van der Waals surface area (Å²) >= 11 is 0. The Morgan fingerprint density at radius 3 is 2.19 bits per heavy atom. The third-order valence-corrected chi connectivity index (χ3v) is 3.61. The lowest BCUT2D eigenvalue weighted by Crippen LogP contribution is -2.10. The molecule has 0 spiro atoms. The summed E-state index contributed by atoms with van der Waals surface area (Å²) in [5.74, 6) is 0.748. The van der Waals surface area contributed by atoms with Crippen LogP contribution in [-0.2, 0) is 11.0 Å². The first kappa shape index (κ1) is 20.2. The molecular formula is C19H18F3NO4. The lowest BCUT2D eigenvalue weighted by molar-refractivity contribution is -0.137. The number of ether oxygens (including phenoxy) is 3. The molecule has 0 heterocycles. The molecule has 2 aromatic rings. The van der Waals surface area contributed by atoms with E-state index in [4.69, 9.17) is 14.2 Å². The molecule has 0 saturated carbocycles. The van der Waals surface area contributed by atoms with Crippen molar-refractivity contribution in [1.29, 1.82) is 0 Å². The van der Waals surface area contributed by atoms with Crippen LogP contribution in [0.1, 0.15) is 11.1 Å². The summed E-state index contributed by atoms with van der Waals surface area (Å²) in [5, 5.41) is 2.39. The van der Waals surface area contributed by atoms with Crippen molar-refractivity contribution in [3.63, 3.8) is 0 Å². The maximum absolute atomic E-state index is 12.7. The summed E-state index contributed by atoms with van der Waals surface area (Å²) in [6.07, 6.45) is -1.84. The van der Waals surface area contributed by atoms with Crippen molar-refractivity contribution >= 4 is 17.7 Å². The molecule has 2 rings (SSSR count). The zero-order valence-corrected chi connectivity index (χ0v) is 14.9. The van der Waals surface area contributed by atoms with Crippen molar-refractivity contribution < 1.29 is 32.2 Å². The highest BCUT2D eigenvalue weighted by Crippen LogP contribution is 2.35. The lowest BCUT2D eigenvalue weighted by Gasteiger charge is -2.12. The van der Waals surface area contributed by atoms with Crippen LogP contribution in [0.3, 0.4) is 0 Å². The van der Waals surface area contributed by atoms with E-state index in [9.17, 15) is 18.0 Å². The number of anilines is 1. The molecule has 144 valence electrons. The summed E-state index contributed by atoms with van der Waals surface area (Å²) < 4.78 is 53.8. The minimum absolute atomic E-state index is 0.0405. The monoisotopic (exact) mass is 381 g/mol. The Morgan fingerprint density at radius 1 is 0.963 bits per heavy atom. The SMILES string of the molecule is COc1cc(OC)c(OC)cc1/C=C/C(=O)Nc1cccc(C(F)(F)F)c1. The van der Waals surface area contributed by atoms with Gasteiger partial charge in [0, 0.05) is 23.4 Å². The number of alkyl halides is 3. The van der Waals surface area contributed by atoms with Crippen LogP contribution in [0.5, 0.6) is 17.2 Å². The number of rotatable bonds is 6. The third-order valence-electron chi connectivity index (χ3n) is 3.61. The smallest absolute Gasteiger partial charge is 0.416 e. The second kappa shape index (κ2) is 8.48. The molecule has 0 unspecified atom stereocenters. The van der Waals surface area contributed by atoms with Crippen LogP contribution in [0.15, 0.2) is 42.5 Å². The highest BCUT2D eigenvalue weighted by Gasteiger charge is 2.30. The fourth-order valence-corrected chi connectivity index (χ4v) is 2.31. The number of hydrogen-bond donors (Lipinski definition) is 1. The lowest BCUT2D eigenvalue weighted by atomic mass is 10.1. The summed E-state index contributed by atoms with van der Waals surface area (Å²) in [6, 6.07) is 7.61. The van der Waals surface area contributed by atoms with E-state index >= 15 is 0 Å². The Balaban J connectivity index is 2.20. The zero-order chi connectivity index (χ0) is 20.0. The molecule has 1 N–H and O–H groups in total. The van der Waals surface area contributed by atoms with Gasteiger partial charge < -0.3 is 19.5 Å². The molecule has 8 heteroatoms. The average Bonchev–Trinajstić information content (AvgIpc) is 2.65. The van der Waals surface area contributed by atoms with E-state index in [1.54, 1.807) is 12.1 Å². The van der Waals surface area contributed by atoms with E-state index < -0.39 is 17.6 Å². The Kier molecular flexibility index (Phi) is 6.33. The molecule has 0 radical (unpaired) electrons. The number of hydrogen-bond acceptors (Lipinski definition) is 4. The van der Waals surface area contributed by atoms with Gasteiger partial charge in [-0.25, -0.2) is 0 Å². The molecule has 27 heavy (non-hydrogen) atoms. The Bertz CT molecular complexity index is 847. The summed E-state index contributed by atoms with van der Waals surface area (Å²) in [5.41, 5.74) is -0.265. The van der Waals surface area contributed by atoms with Gasteiger partial charge in [0.05, 0.1) is 26.9 Å². The molecule has 0 aliphatic carbocycles. The number of carbonyl (C=O) groups is 1. The van der Waals surface area contributed by atoms with Crippen molar-refractivity contribution in [1.82, 2.24) is 0 Å². The van der Waals surface area contributed by atoms with E-state index in [0.29, 0.717) is 22.8 Å². The van der Waals surface area contributed by atoms with Gasteiger partial charge in [0.2, 0.25) is 5.91 Å². The first-order chi connectivity index (χ1) is 12.8. The van der Waals surface area contributed by atoms with Gasteiger partial charge >= 0.3 is 6.18 Å². The summed E-state index contributed by atoms with van der Waals surface area (Å²) in [4.78, 5) is 12.0. The molecule has 0 saturated heterocycles.